The van der Waals surface area contributed by atoms with Crippen molar-refractivity contribution in [3.05, 3.63) is 59.7 Å². The van der Waals surface area contributed by atoms with Crippen molar-refractivity contribution in [2.24, 2.45) is 0 Å². The maximum absolute atomic E-state index is 11.9. The molecule has 0 fully saturated rings. The number of hydrogen-bond acceptors (Lipinski definition) is 5. The summed E-state index contributed by atoms with van der Waals surface area (Å²) in [5, 5.41) is 2.71. The van der Waals surface area contributed by atoms with Gasteiger partial charge in [0.25, 0.3) is 5.91 Å². The van der Waals surface area contributed by atoms with Crippen molar-refractivity contribution in [1.29, 1.82) is 0 Å². The van der Waals surface area contributed by atoms with Gasteiger partial charge in [-0.2, -0.15) is 0 Å². The zero-order valence-corrected chi connectivity index (χ0v) is 15.1. The van der Waals surface area contributed by atoms with Crippen LogP contribution in [0, 0.1) is 0 Å². The zero-order chi connectivity index (χ0) is 18.5. The summed E-state index contributed by atoms with van der Waals surface area (Å²) in [6.45, 7) is -0.0119. The number of esters is 1. The van der Waals surface area contributed by atoms with Crippen LogP contribution < -0.4 is 10.1 Å². The molecule has 26 heavy (non-hydrogen) atoms. The van der Waals surface area contributed by atoms with Crippen LogP contribution in [0.4, 0.5) is 0 Å². The zero-order valence-electron chi connectivity index (χ0n) is 14.3. The number of amides is 1. The monoisotopic (exact) mass is 373 g/mol. The molecule has 7 heteroatoms. The molecular weight excluding hydrogens is 354 g/mol. The number of hydrogen-bond donors (Lipinski definition) is 1. The first kappa shape index (κ1) is 18.1. The average molecular weight is 373 g/mol. The van der Waals surface area contributed by atoms with Gasteiger partial charge >= 0.3 is 5.97 Å². The van der Waals surface area contributed by atoms with Gasteiger partial charge in [-0.3, -0.25) is 9.00 Å². The molecule has 1 amide bonds. The average Bonchev–Trinajstić information content (AvgIpc) is 3.07. The first-order valence-electron chi connectivity index (χ1n) is 8.15. The smallest absolute Gasteiger partial charge is 0.338 e. The number of carbonyl (C=O) groups excluding carboxylic acids is 2. The number of rotatable bonds is 6. The van der Waals surface area contributed by atoms with Crippen LogP contribution in [0.1, 0.15) is 15.9 Å². The fourth-order valence-electron chi connectivity index (χ4n) is 2.64. The van der Waals surface area contributed by atoms with Gasteiger partial charge in [0.2, 0.25) is 0 Å². The Morgan fingerprint density at radius 2 is 1.92 bits per heavy atom. The Morgan fingerprint density at radius 3 is 2.62 bits per heavy atom. The third-order valence-corrected chi connectivity index (χ3v) is 4.93. The molecule has 2 aromatic rings. The molecule has 0 spiro atoms. The van der Waals surface area contributed by atoms with E-state index in [0.29, 0.717) is 17.0 Å². The predicted molar refractivity (Wildman–Crippen MR) is 96.6 cm³/mol. The topological polar surface area (TPSA) is 81.7 Å². The van der Waals surface area contributed by atoms with Gasteiger partial charge < -0.3 is 14.8 Å². The van der Waals surface area contributed by atoms with Crippen LogP contribution in [0.3, 0.4) is 0 Å². The summed E-state index contributed by atoms with van der Waals surface area (Å²) in [7, 11) is -1.11. The molecule has 0 aromatic heterocycles. The standard InChI is InChI=1S/C19H19NO5S/c1-26(23)16-8-6-13(7-9-16)19(22)24-12-18(21)20-11-15-10-14-4-2-3-5-17(14)25-15/h2-9,15H,10-12H2,1H3,(H,20,21)/t15-,26+/m0/s1. The van der Waals surface area contributed by atoms with E-state index in [9.17, 15) is 13.8 Å². The quantitative estimate of drug-likeness (QED) is 0.780. The lowest BCUT2D eigenvalue weighted by Crippen LogP contribution is -2.36. The highest BCUT2D eigenvalue weighted by molar-refractivity contribution is 7.84. The van der Waals surface area contributed by atoms with Crippen molar-refractivity contribution >= 4 is 22.7 Å². The van der Waals surface area contributed by atoms with E-state index in [0.717, 1.165) is 17.7 Å². The van der Waals surface area contributed by atoms with Crippen LogP contribution in [0.5, 0.6) is 5.75 Å². The molecule has 0 unspecified atom stereocenters. The summed E-state index contributed by atoms with van der Waals surface area (Å²) in [5.74, 6) is -0.142. The molecule has 0 bridgehead atoms. The Labute approximate surface area is 154 Å². The number of benzene rings is 2. The normalized spacial score (nSPS) is 16.3. The van der Waals surface area contributed by atoms with Crippen molar-refractivity contribution in [3.63, 3.8) is 0 Å². The van der Waals surface area contributed by atoms with Gasteiger partial charge in [-0.25, -0.2) is 4.79 Å². The van der Waals surface area contributed by atoms with E-state index in [-0.39, 0.29) is 18.6 Å². The molecule has 1 N–H and O–H groups in total. The number of para-hydroxylation sites is 1. The molecule has 1 aliphatic rings. The maximum Gasteiger partial charge on any atom is 0.338 e. The van der Waals surface area contributed by atoms with Crippen LogP contribution in [0.15, 0.2) is 53.4 Å². The SMILES string of the molecule is C[S@@](=O)c1ccc(C(=O)OCC(=O)NC[C@@H]2Cc3ccccc3O2)cc1. The van der Waals surface area contributed by atoms with E-state index in [1.54, 1.807) is 18.4 Å². The van der Waals surface area contributed by atoms with Crippen molar-refractivity contribution < 1.29 is 23.3 Å². The summed E-state index contributed by atoms with van der Waals surface area (Å²) < 4.78 is 22.1. The highest BCUT2D eigenvalue weighted by atomic mass is 32.2. The molecule has 1 aliphatic heterocycles. The molecule has 0 radical (unpaired) electrons. The van der Waals surface area contributed by atoms with Gasteiger partial charge in [0.05, 0.1) is 12.1 Å². The number of nitrogens with one attached hydrogen (secondary N) is 1. The molecule has 1 heterocycles. The second-order valence-corrected chi connectivity index (χ2v) is 7.29. The summed E-state index contributed by atoms with van der Waals surface area (Å²) >= 11 is 0. The summed E-state index contributed by atoms with van der Waals surface area (Å²) in [6.07, 6.45) is 2.18. The molecule has 6 nitrogen and oxygen atoms in total. The van der Waals surface area contributed by atoms with Crippen LogP contribution in [0.2, 0.25) is 0 Å². The third kappa shape index (κ3) is 4.49. The van der Waals surface area contributed by atoms with Gasteiger partial charge in [0.1, 0.15) is 11.9 Å². The minimum atomic E-state index is -1.11. The van der Waals surface area contributed by atoms with Crippen LogP contribution in [0.25, 0.3) is 0 Å². The van der Waals surface area contributed by atoms with Crippen LogP contribution in [-0.2, 0) is 26.8 Å². The minimum absolute atomic E-state index is 0.116. The summed E-state index contributed by atoms with van der Waals surface area (Å²) in [4.78, 5) is 24.4. The Balaban J connectivity index is 1.41. The highest BCUT2D eigenvalue weighted by Gasteiger charge is 2.22. The third-order valence-electron chi connectivity index (χ3n) is 4.00. The molecule has 2 atom stereocenters. The predicted octanol–water partition coefficient (Wildman–Crippen LogP) is 1.70. The number of ether oxygens (including phenoxy) is 2. The first-order chi connectivity index (χ1) is 12.5. The second kappa shape index (κ2) is 8.14. The Morgan fingerprint density at radius 1 is 1.19 bits per heavy atom. The molecule has 136 valence electrons. The minimum Gasteiger partial charge on any atom is -0.488 e. The molecule has 3 rings (SSSR count). The lowest BCUT2D eigenvalue weighted by atomic mass is 10.1. The Kier molecular flexibility index (Phi) is 5.68. The molecule has 2 aromatic carbocycles. The summed E-state index contributed by atoms with van der Waals surface area (Å²) in [5.41, 5.74) is 1.43. The van der Waals surface area contributed by atoms with Gasteiger partial charge in [-0.15, -0.1) is 0 Å². The lowest BCUT2D eigenvalue weighted by Gasteiger charge is -2.12. The van der Waals surface area contributed by atoms with E-state index in [1.807, 2.05) is 24.3 Å². The number of carbonyl (C=O) groups is 2. The van der Waals surface area contributed by atoms with Gasteiger partial charge in [-0.1, -0.05) is 18.2 Å². The van der Waals surface area contributed by atoms with Crippen molar-refractivity contribution in [1.82, 2.24) is 5.32 Å². The molecule has 0 saturated carbocycles. The molecule has 0 saturated heterocycles. The largest absolute Gasteiger partial charge is 0.488 e. The van der Waals surface area contributed by atoms with Crippen LogP contribution in [-0.4, -0.2) is 41.6 Å². The van der Waals surface area contributed by atoms with Crippen molar-refractivity contribution in [2.45, 2.75) is 17.4 Å². The van der Waals surface area contributed by atoms with E-state index in [2.05, 4.69) is 5.32 Å². The fourth-order valence-corrected chi connectivity index (χ4v) is 3.16. The Hall–Kier alpha value is -2.67. The van der Waals surface area contributed by atoms with Crippen LogP contribution >= 0.6 is 0 Å². The van der Waals surface area contributed by atoms with Gasteiger partial charge in [-0.05, 0) is 35.9 Å². The first-order valence-corrected chi connectivity index (χ1v) is 9.70. The molecular formula is C19H19NO5S. The number of fused-ring (bicyclic) bond motifs is 1. The highest BCUT2D eigenvalue weighted by Crippen LogP contribution is 2.27. The van der Waals surface area contributed by atoms with Crippen molar-refractivity contribution in [3.8, 4) is 5.75 Å². The second-order valence-electron chi connectivity index (χ2n) is 5.91. The van der Waals surface area contributed by atoms with Gasteiger partial charge in [0.15, 0.2) is 6.61 Å². The van der Waals surface area contributed by atoms with E-state index in [4.69, 9.17) is 9.47 Å². The maximum atomic E-state index is 11.9. The fraction of sp³-hybridized carbons (Fsp3) is 0.263. The lowest BCUT2D eigenvalue weighted by molar-refractivity contribution is -0.124. The van der Waals surface area contributed by atoms with E-state index >= 15 is 0 Å². The Bertz CT molecular complexity index is 809. The van der Waals surface area contributed by atoms with Gasteiger partial charge in [0, 0.05) is 28.4 Å². The summed E-state index contributed by atoms with van der Waals surface area (Å²) in [6, 6.07) is 14.0. The van der Waals surface area contributed by atoms with E-state index in [1.165, 1.54) is 12.1 Å². The van der Waals surface area contributed by atoms with E-state index < -0.39 is 16.8 Å². The molecule has 0 aliphatic carbocycles. The van der Waals surface area contributed by atoms with Crippen molar-refractivity contribution in [2.75, 3.05) is 19.4 Å².